The molecule has 0 fully saturated rings. The molecule has 63 heavy (non-hydrogen) atoms. The van der Waals surface area contributed by atoms with Crippen LogP contribution < -0.4 is 0 Å². The van der Waals surface area contributed by atoms with Crippen LogP contribution in [0.2, 0.25) is 0 Å². The average Bonchev–Trinajstić information content (AvgIpc) is 3.28. The molecule has 358 valence electrons. The minimum atomic E-state index is -0.797. The molecule has 1 atom stereocenters. The summed E-state index contributed by atoms with van der Waals surface area (Å²) in [6.07, 6.45) is 66.6. The molecule has 0 aliphatic heterocycles. The van der Waals surface area contributed by atoms with Crippen molar-refractivity contribution in [2.75, 3.05) is 13.2 Å². The number of hydrogen-bond acceptors (Lipinski definition) is 6. The number of rotatable bonds is 45. The minimum Gasteiger partial charge on any atom is -0.462 e. The van der Waals surface area contributed by atoms with Crippen LogP contribution in [0.3, 0.4) is 0 Å². The highest BCUT2D eigenvalue weighted by molar-refractivity contribution is 5.71. The summed E-state index contributed by atoms with van der Waals surface area (Å²) < 4.78 is 16.8. The van der Waals surface area contributed by atoms with Crippen molar-refractivity contribution in [1.82, 2.24) is 0 Å². The highest BCUT2D eigenvalue weighted by Gasteiger charge is 2.19. The number of esters is 3. The number of carbonyl (C=O) groups is 3. The van der Waals surface area contributed by atoms with E-state index in [9.17, 15) is 14.4 Å². The van der Waals surface area contributed by atoms with Crippen molar-refractivity contribution in [2.45, 2.75) is 232 Å². The van der Waals surface area contributed by atoms with E-state index in [1.807, 2.05) is 0 Å². The Hall–Kier alpha value is -3.67. The molecule has 0 N–H and O–H groups in total. The van der Waals surface area contributed by atoms with Gasteiger partial charge in [0.1, 0.15) is 13.2 Å². The minimum absolute atomic E-state index is 0.0959. The molecule has 0 spiro atoms. The van der Waals surface area contributed by atoms with Crippen molar-refractivity contribution in [1.29, 1.82) is 0 Å². The van der Waals surface area contributed by atoms with Crippen molar-refractivity contribution < 1.29 is 28.6 Å². The first-order chi connectivity index (χ1) is 31.0. The second kappa shape index (κ2) is 51.0. The molecule has 0 aromatic carbocycles. The van der Waals surface area contributed by atoms with Gasteiger partial charge in [-0.15, -0.1) is 0 Å². The van der Waals surface area contributed by atoms with Crippen LogP contribution in [0.1, 0.15) is 226 Å². The Morgan fingerprint density at radius 2 is 0.635 bits per heavy atom. The van der Waals surface area contributed by atoms with Gasteiger partial charge in [0.2, 0.25) is 0 Å². The molecule has 0 bridgehead atoms. The summed E-state index contributed by atoms with van der Waals surface area (Å²) in [6.45, 7) is 6.40. The van der Waals surface area contributed by atoms with E-state index in [4.69, 9.17) is 14.2 Å². The van der Waals surface area contributed by atoms with E-state index in [0.29, 0.717) is 19.3 Å². The summed E-state index contributed by atoms with van der Waals surface area (Å²) in [5, 5.41) is 0. The number of carbonyl (C=O) groups excluding carboxylic acids is 3. The van der Waals surface area contributed by atoms with Crippen LogP contribution in [0.25, 0.3) is 0 Å². The Morgan fingerprint density at radius 3 is 1.02 bits per heavy atom. The Morgan fingerprint density at radius 1 is 0.333 bits per heavy atom. The molecular formula is C57H94O6. The summed E-state index contributed by atoms with van der Waals surface area (Å²) in [5.41, 5.74) is 0. The Kier molecular flexibility index (Phi) is 48.0. The molecular weight excluding hydrogens is 781 g/mol. The Balaban J connectivity index is 4.47. The number of allylic oxidation sites excluding steroid dienone is 16. The lowest BCUT2D eigenvalue weighted by molar-refractivity contribution is -0.167. The van der Waals surface area contributed by atoms with Crippen molar-refractivity contribution in [3.05, 3.63) is 97.2 Å². The second-order valence-corrected chi connectivity index (χ2v) is 16.8. The van der Waals surface area contributed by atoms with Gasteiger partial charge in [-0.1, -0.05) is 214 Å². The smallest absolute Gasteiger partial charge is 0.306 e. The maximum atomic E-state index is 12.8. The van der Waals surface area contributed by atoms with Gasteiger partial charge in [0.15, 0.2) is 6.10 Å². The van der Waals surface area contributed by atoms with E-state index < -0.39 is 6.10 Å². The summed E-state index contributed by atoms with van der Waals surface area (Å²) >= 11 is 0. The van der Waals surface area contributed by atoms with Crippen LogP contribution in [-0.2, 0) is 28.6 Å². The summed E-state index contributed by atoms with van der Waals surface area (Å²) in [4.78, 5) is 38.0. The van der Waals surface area contributed by atoms with Gasteiger partial charge in [0, 0.05) is 19.3 Å². The fourth-order valence-corrected chi connectivity index (χ4v) is 6.80. The van der Waals surface area contributed by atoms with Crippen LogP contribution in [0.15, 0.2) is 97.2 Å². The quantitative estimate of drug-likeness (QED) is 0.0199. The van der Waals surface area contributed by atoms with E-state index in [1.54, 1.807) is 0 Å². The fraction of sp³-hybridized carbons (Fsp3) is 0.667. The number of unbranched alkanes of at least 4 members (excludes halogenated alkanes) is 23. The van der Waals surface area contributed by atoms with Crippen LogP contribution in [-0.4, -0.2) is 37.2 Å². The zero-order valence-corrected chi connectivity index (χ0v) is 40.8. The maximum absolute atomic E-state index is 12.8. The van der Waals surface area contributed by atoms with Crippen LogP contribution in [0.4, 0.5) is 0 Å². The van der Waals surface area contributed by atoms with Crippen molar-refractivity contribution >= 4 is 17.9 Å². The van der Waals surface area contributed by atoms with E-state index in [1.165, 1.54) is 70.6 Å². The lowest BCUT2D eigenvalue weighted by Gasteiger charge is -2.18. The third-order valence-corrected chi connectivity index (χ3v) is 10.7. The molecule has 6 heteroatoms. The largest absolute Gasteiger partial charge is 0.462 e. The number of ether oxygens (including phenoxy) is 3. The molecule has 6 nitrogen and oxygen atoms in total. The molecule has 0 aromatic heterocycles. The molecule has 0 aromatic rings. The molecule has 0 aliphatic carbocycles. The van der Waals surface area contributed by atoms with Gasteiger partial charge in [-0.3, -0.25) is 14.4 Å². The van der Waals surface area contributed by atoms with Crippen molar-refractivity contribution in [3.63, 3.8) is 0 Å². The predicted octanol–water partition coefficient (Wildman–Crippen LogP) is 17.0. The van der Waals surface area contributed by atoms with E-state index in [2.05, 4.69) is 118 Å². The van der Waals surface area contributed by atoms with Gasteiger partial charge >= 0.3 is 17.9 Å². The van der Waals surface area contributed by atoms with Gasteiger partial charge < -0.3 is 14.2 Å². The molecule has 1 unspecified atom stereocenters. The van der Waals surface area contributed by atoms with Crippen LogP contribution in [0.5, 0.6) is 0 Å². The van der Waals surface area contributed by atoms with Gasteiger partial charge in [-0.25, -0.2) is 0 Å². The second-order valence-electron chi connectivity index (χ2n) is 16.8. The molecule has 0 saturated heterocycles. The highest BCUT2D eigenvalue weighted by atomic mass is 16.6. The third-order valence-electron chi connectivity index (χ3n) is 10.7. The lowest BCUT2D eigenvalue weighted by Crippen LogP contribution is -2.30. The van der Waals surface area contributed by atoms with Gasteiger partial charge in [0.25, 0.3) is 0 Å². The van der Waals surface area contributed by atoms with E-state index in [0.717, 1.165) is 116 Å². The first-order valence-electron chi connectivity index (χ1n) is 25.8. The monoisotopic (exact) mass is 875 g/mol. The van der Waals surface area contributed by atoms with Crippen LogP contribution in [0, 0.1) is 0 Å². The normalized spacial score (nSPS) is 12.9. The molecule has 0 saturated carbocycles. The first kappa shape index (κ1) is 59.3. The van der Waals surface area contributed by atoms with Crippen LogP contribution >= 0.6 is 0 Å². The molecule has 0 amide bonds. The van der Waals surface area contributed by atoms with Gasteiger partial charge in [-0.05, 0) is 89.9 Å². The maximum Gasteiger partial charge on any atom is 0.306 e. The average molecular weight is 875 g/mol. The molecule has 0 rings (SSSR count). The molecule has 0 aliphatic rings. The Labute approximate surface area is 387 Å². The highest BCUT2D eigenvalue weighted by Crippen LogP contribution is 2.14. The summed E-state index contributed by atoms with van der Waals surface area (Å²) in [7, 11) is 0. The zero-order valence-electron chi connectivity index (χ0n) is 40.8. The Bertz CT molecular complexity index is 1280. The van der Waals surface area contributed by atoms with Gasteiger partial charge in [0.05, 0.1) is 0 Å². The first-order valence-corrected chi connectivity index (χ1v) is 25.8. The number of hydrogen-bond donors (Lipinski definition) is 0. The molecule has 0 radical (unpaired) electrons. The predicted molar refractivity (Wildman–Crippen MR) is 270 cm³/mol. The molecule has 0 heterocycles. The summed E-state index contributed by atoms with van der Waals surface area (Å²) in [5.74, 6) is -0.944. The van der Waals surface area contributed by atoms with E-state index >= 15 is 0 Å². The van der Waals surface area contributed by atoms with Crippen molar-refractivity contribution in [3.8, 4) is 0 Å². The topological polar surface area (TPSA) is 78.9 Å². The third kappa shape index (κ3) is 49.2. The summed E-state index contributed by atoms with van der Waals surface area (Å²) in [6, 6.07) is 0. The fourth-order valence-electron chi connectivity index (χ4n) is 6.80. The zero-order chi connectivity index (χ0) is 45.8. The standard InChI is InChI=1S/C57H94O6/c1-4-7-10-13-16-19-22-25-27-28-29-31-32-35-38-41-44-47-50-56(59)62-53-54(52-61-55(58)49-46-43-40-37-34-24-21-18-15-12-9-6-3)63-57(60)51-48-45-42-39-36-33-30-26-23-20-17-14-11-8-5-2/h8,11,14,16-23,25,27-29,31,54H,4-7,9-10,12-13,15,24,26,30,32-53H2,1-3H3/b11-8-,17-14-,19-16-,21-18-,23-20-,25-22-,28-27-,31-29-. The van der Waals surface area contributed by atoms with Crippen molar-refractivity contribution in [2.24, 2.45) is 0 Å². The van der Waals surface area contributed by atoms with Gasteiger partial charge in [-0.2, -0.15) is 0 Å². The lowest BCUT2D eigenvalue weighted by atomic mass is 10.1. The SMILES string of the molecule is CC\C=C/C=C\C=C/CCCCCCCCCC(=O)OC(COC(=O)CCCCCCC\C=C/C=C\C=C/C=C\CCCCC)COC(=O)CCCCCCC/C=C\CCCCC. The van der Waals surface area contributed by atoms with E-state index in [-0.39, 0.29) is 31.1 Å².